The van der Waals surface area contributed by atoms with Crippen LogP contribution in [0.2, 0.25) is 0 Å². The normalized spacial score (nSPS) is 11.6. The standard InChI is InChI=1S/C10H16B2O/c1-10(2,3)6-4-7(11)9(13)8(12)5-6/h4-5,13H,11-12H2,1-3H3. The second-order valence-electron chi connectivity index (χ2n) is 4.71. The molecule has 0 amide bonds. The second-order valence-corrected chi connectivity index (χ2v) is 4.71. The molecule has 0 saturated heterocycles. The molecule has 68 valence electrons. The SMILES string of the molecule is Bc1cc(C(C)(C)C)cc(B)c1O. The highest BCUT2D eigenvalue weighted by Gasteiger charge is 2.15. The molecule has 0 radical (unpaired) electrons. The van der Waals surface area contributed by atoms with Gasteiger partial charge < -0.3 is 5.11 Å². The van der Waals surface area contributed by atoms with Gasteiger partial charge in [0.15, 0.2) is 0 Å². The van der Waals surface area contributed by atoms with Crippen molar-refractivity contribution in [3.63, 3.8) is 0 Å². The van der Waals surface area contributed by atoms with E-state index in [4.69, 9.17) is 0 Å². The number of aromatic hydroxyl groups is 1. The summed E-state index contributed by atoms with van der Waals surface area (Å²) in [6.07, 6.45) is 0. The zero-order chi connectivity index (χ0) is 10.2. The lowest BCUT2D eigenvalue weighted by atomic mass is 9.77. The first-order valence-electron chi connectivity index (χ1n) is 4.63. The Morgan fingerprint density at radius 3 is 1.77 bits per heavy atom. The Labute approximate surface area is 82.0 Å². The van der Waals surface area contributed by atoms with Crippen LogP contribution in [0, 0.1) is 0 Å². The van der Waals surface area contributed by atoms with Gasteiger partial charge in [0.1, 0.15) is 21.4 Å². The smallest absolute Gasteiger partial charge is 0.144 e. The molecule has 13 heavy (non-hydrogen) atoms. The van der Waals surface area contributed by atoms with Crippen LogP contribution in [0.1, 0.15) is 26.3 Å². The molecule has 1 rings (SSSR count). The third kappa shape index (κ3) is 2.09. The van der Waals surface area contributed by atoms with Crippen LogP contribution in [-0.4, -0.2) is 20.8 Å². The zero-order valence-corrected chi connectivity index (χ0v) is 9.10. The lowest BCUT2D eigenvalue weighted by molar-refractivity contribution is 0.483. The van der Waals surface area contributed by atoms with Gasteiger partial charge >= 0.3 is 0 Å². The average Bonchev–Trinajstić information content (AvgIpc) is 1.97. The summed E-state index contributed by atoms with van der Waals surface area (Å²) in [7, 11) is 3.88. The van der Waals surface area contributed by atoms with Crippen molar-refractivity contribution < 1.29 is 5.11 Å². The second kappa shape index (κ2) is 3.13. The van der Waals surface area contributed by atoms with Gasteiger partial charge in [-0.05, 0) is 21.9 Å². The number of phenolic OH excluding ortho intramolecular Hbond substituents is 1. The zero-order valence-electron chi connectivity index (χ0n) is 9.10. The molecule has 0 aromatic heterocycles. The third-order valence-electron chi connectivity index (χ3n) is 2.36. The van der Waals surface area contributed by atoms with Gasteiger partial charge in [-0.25, -0.2) is 0 Å². The van der Waals surface area contributed by atoms with Crippen LogP contribution in [0.25, 0.3) is 0 Å². The van der Waals surface area contributed by atoms with Gasteiger partial charge in [-0.15, -0.1) is 0 Å². The fourth-order valence-electron chi connectivity index (χ4n) is 1.39. The summed E-state index contributed by atoms with van der Waals surface area (Å²) in [5.74, 6) is 0.424. The fourth-order valence-corrected chi connectivity index (χ4v) is 1.39. The Hall–Kier alpha value is -0.850. The number of benzene rings is 1. The van der Waals surface area contributed by atoms with Crippen LogP contribution < -0.4 is 10.9 Å². The molecule has 0 aliphatic heterocycles. The quantitative estimate of drug-likeness (QED) is 0.510. The first-order chi connectivity index (χ1) is 5.82. The summed E-state index contributed by atoms with van der Waals surface area (Å²) in [5, 5.41) is 9.60. The molecule has 0 aliphatic carbocycles. The summed E-state index contributed by atoms with van der Waals surface area (Å²) in [6.45, 7) is 6.54. The lowest BCUT2D eigenvalue weighted by Gasteiger charge is -2.21. The van der Waals surface area contributed by atoms with Crippen molar-refractivity contribution in [2.24, 2.45) is 0 Å². The maximum atomic E-state index is 9.60. The average molecular weight is 174 g/mol. The largest absolute Gasteiger partial charge is 0.509 e. The van der Waals surface area contributed by atoms with Crippen molar-refractivity contribution in [2.45, 2.75) is 26.2 Å². The summed E-state index contributed by atoms with van der Waals surface area (Å²) in [4.78, 5) is 0. The molecule has 0 spiro atoms. The summed E-state index contributed by atoms with van der Waals surface area (Å²) in [5.41, 5.74) is 3.36. The molecule has 0 aliphatic rings. The molecule has 1 nitrogen and oxygen atoms in total. The molecule has 0 fully saturated rings. The van der Waals surface area contributed by atoms with E-state index in [1.165, 1.54) is 5.56 Å². The molecule has 0 atom stereocenters. The van der Waals surface area contributed by atoms with E-state index in [0.717, 1.165) is 10.9 Å². The van der Waals surface area contributed by atoms with Crippen molar-refractivity contribution in [2.75, 3.05) is 0 Å². The van der Waals surface area contributed by atoms with Crippen LogP contribution in [0.5, 0.6) is 5.75 Å². The predicted octanol–water partition coefficient (Wildman–Crippen LogP) is -0.794. The molecule has 1 aromatic rings. The summed E-state index contributed by atoms with van der Waals surface area (Å²) >= 11 is 0. The van der Waals surface area contributed by atoms with E-state index in [1.54, 1.807) is 0 Å². The lowest BCUT2D eigenvalue weighted by Crippen LogP contribution is -2.22. The van der Waals surface area contributed by atoms with Crippen molar-refractivity contribution in [3.05, 3.63) is 17.7 Å². The van der Waals surface area contributed by atoms with Crippen LogP contribution in [0.4, 0.5) is 0 Å². The number of rotatable bonds is 0. The van der Waals surface area contributed by atoms with Gasteiger partial charge in [-0.3, -0.25) is 0 Å². The molecular weight excluding hydrogens is 158 g/mol. The van der Waals surface area contributed by atoms with Crippen molar-refractivity contribution in [3.8, 4) is 5.75 Å². The Morgan fingerprint density at radius 2 is 1.46 bits per heavy atom. The van der Waals surface area contributed by atoms with Crippen LogP contribution in [0.3, 0.4) is 0 Å². The molecule has 0 bridgehead atoms. The van der Waals surface area contributed by atoms with E-state index in [2.05, 4.69) is 32.9 Å². The van der Waals surface area contributed by atoms with Gasteiger partial charge in [-0.2, -0.15) is 0 Å². The Morgan fingerprint density at radius 1 is 1.08 bits per heavy atom. The van der Waals surface area contributed by atoms with E-state index < -0.39 is 0 Å². The van der Waals surface area contributed by atoms with Crippen LogP contribution >= 0.6 is 0 Å². The third-order valence-corrected chi connectivity index (χ3v) is 2.36. The Balaban J connectivity index is 3.29. The summed E-state index contributed by atoms with van der Waals surface area (Å²) < 4.78 is 0. The first kappa shape index (κ1) is 10.2. The molecule has 0 heterocycles. The van der Waals surface area contributed by atoms with Crippen molar-refractivity contribution in [1.29, 1.82) is 0 Å². The van der Waals surface area contributed by atoms with Gasteiger partial charge in [0.2, 0.25) is 0 Å². The minimum Gasteiger partial charge on any atom is -0.509 e. The van der Waals surface area contributed by atoms with E-state index >= 15 is 0 Å². The predicted molar refractivity (Wildman–Crippen MR) is 63.2 cm³/mol. The minimum atomic E-state index is 0.156. The maximum Gasteiger partial charge on any atom is 0.144 e. The fraction of sp³-hybridized carbons (Fsp3) is 0.400. The van der Waals surface area contributed by atoms with E-state index in [0.29, 0.717) is 5.75 Å². The number of hydrogen-bond acceptors (Lipinski definition) is 1. The monoisotopic (exact) mass is 174 g/mol. The van der Waals surface area contributed by atoms with E-state index in [9.17, 15) is 5.11 Å². The molecule has 3 heteroatoms. The summed E-state index contributed by atoms with van der Waals surface area (Å²) in [6, 6.07) is 4.12. The number of hydrogen-bond donors (Lipinski definition) is 1. The van der Waals surface area contributed by atoms with Crippen molar-refractivity contribution >= 4 is 26.6 Å². The Bertz CT molecular complexity index is 303. The minimum absolute atomic E-state index is 0.156. The Kier molecular flexibility index (Phi) is 2.47. The van der Waals surface area contributed by atoms with Gasteiger partial charge in [0.05, 0.1) is 0 Å². The molecule has 1 N–H and O–H groups in total. The highest BCUT2D eigenvalue weighted by atomic mass is 16.3. The molecular formula is C10H16B2O. The van der Waals surface area contributed by atoms with E-state index in [-0.39, 0.29) is 5.41 Å². The van der Waals surface area contributed by atoms with Crippen LogP contribution in [-0.2, 0) is 5.41 Å². The van der Waals surface area contributed by atoms with E-state index in [1.807, 2.05) is 15.7 Å². The van der Waals surface area contributed by atoms with Crippen molar-refractivity contribution in [1.82, 2.24) is 0 Å². The van der Waals surface area contributed by atoms with Crippen LogP contribution in [0.15, 0.2) is 12.1 Å². The maximum absolute atomic E-state index is 9.60. The van der Waals surface area contributed by atoms with Gasteiger partial charge in [0.25, 0.3) is 0 Å². The molecule has 1 aromatic carbocycles. The highest BCUT2D eigenvalue weighted by Crippen LogP contribution is 2.21. The molecule has 0 unspecified atom stereocenters. The topological polar surface area (TPSA) is 20.2 Å². The number of phenols is 1. The first-order valence-corrected chi connectivity index (χ1v) is 4.63. The van der Waals surface area contributed by atoms with Gasteiger partial charge in [0, 0.05) is 0 Å². The molecule has 0 saturated carbocycles. The van der Waals surface area contributed by atoms with Gasteiger partial charge in [-0.1, -0.05) is 32.9 Å². The highest BCUT2D eigenvalue weighted by molar-refractivity contribution is 6.41.